The number of nitrogens with zero attached hydrogens (tertiary/aromatic N) is 8. The van der Waals surface area contributed by atoms with Crippen molar-refractivity contribution < 1.29 is 43.0 Å². The van der Waals surface area contributed by atoms with Gasteiger partial charge in [-0.3, -0.25) is 48.9 Å². The normalized spacial score (nSPS) is 16.2. The van der Waals surface area contributed by atoms with Crippen LogP contribution >= 0.6 is 0 Å². The highest BCUT2D eigenvalue weighted by molar-refractivity contribution is 6.25. The molecule has 6 amide bonds. The van der Waals surface area contributed by atoms with Gasteiger partial charge in [-0.15, -0.1) is 0 Å². The van der Waals surface area contributed by atoms with Gasteiger partial charge in [0.25, 0.3) is 17.7 Å². The van der Waals surface area contributed by atoms with E-state index in [0.29, 0.717) is 100 Å². The van der Waals surface area contributed by atoms with Crippen LogP contribution in [0.2, 0.25) is 0 Å². The third-order valence-electron chi connectivity index (χ3n) is 15.0. The first kappa shape index (κ1) is 57.9. The molecule has 1 unspecified atom stereocenters. The molecule has 6 aromatic rings. The Morgan fingerprint density at radius 2 is 1.67 bits per heavy atom. The number of rotatable bonds is 22. The van der Waals surface area contributed by atoms with E-state index in [2.05, 4.69) is 37.7 Å². The second-order valence-corrected chi connectivity index (χ2v) is 20.7. The standard InChI is InChI=1S/C62H67N13O9/c1-65-58-48-23-27-73(38-52(48)68-57(70-58)45-35-44-8-2-3-10-50(44)67-36-45)60(79)43-17-13-42(14-18-43)39-84-47-19-15-41(16-20-47)7-5-25-71-28-30-72(31-29-71)55(77)12-6-26-74(64)37-46(63)40-83-34-33-82-32-24-66-51-11-4-9-49-56(51)62(81)75(61(49)80)53-21-22-54(76)69-59(53)78/h2-4,8-11,13-20,35-37,53,66H,6,12,21-34,38-40,63-64H2,1H3,(H,65,68,70)(H,69,76,78)/b46-37-. The molecule has 7 N–H and O–H groups in total. The third-order valence-corrected chi connectivity index (χ3v) is 15.0. The summed E-state index contributed by atoms with van der Waals surface area (Å²) in [6.45, 7) is 6.30. The number of benzene rings is 4. The molecule has 0 aliphatic carbocycles. The number of para-hydroxylation sites is 1. The monoisotopic (exact) mass is 1140 g/mol. The molecule has 22 nitrogen and oxygen atoms in total. The van der Waals surface area contributed by atoms with Gasteiger partial charge in [-0.1, -0.05) is 48.2 Å². The van der Waals surface area contributed by atoms with Gasteiger partial charge in [0.2, 0.25) is 17.7 Å². The first-order valence-corrected chi connectivity index (χ1v) is 28.1. The van der Waals surface area contributed by atoms with E-state index in [4.69, 9.17) is 35.8 Å². The molecule has 4 aliphatic heterocycles. The second kappa shape index (κ2) is 27.2. The highest BCUT2D eigenvalue weighted by Crippen LogP contribution is 2.33. The number of piperidine rings is 1. The molecule has 22 heteroatoms. The number of hydrogen-bond acceptors (Lipinski definition) is 18. The van der Waals surface area contributed by atoms with Crippen LogP contribution in [-0.4, -0.2) is 167 Å². The molecule has 434 valence electrons. The fourth-order valence-electron chi connectivity index (χ4n) is 10.5. The van der Waals surface area contributed by atoms with E-state index in [-0.39, 0.29) is 62.2 Å². The van der Waals surface area contributed by atoms with Crippen molar-refractivity contribution in [2.75, 3.05) is 96.5 Å². The Labute approximate surface area is 486 Å². The summed E-state index contributed by atoms with van der Waals surface area (Å²) in [4.78, 5) is 98.4. The summed E-state index contributed by atoms with van der Waals surface area (Å²) in [5, 5.41) is 11.0. The van der Waals surface area contributed by atoms with Crippen LogP contribution in [0.5, 0.6) is 5.75 Å². The van der Waals surface area contributed by atoms with Gasteiger partial charge >= 0.3 is 0 Å². The van der Waals surface area contributed by atoms with Crippen LogP contribution in [0.25, 0.3) is 22.3 Å². The first-order chi connectivity index (χ1) is 40.9. The lowest BCUT2D eigenvalue weighted by Crippen LogP contribution is -2.54. The minimum absolute atomic E-state index is 0.0448. The zero-order chi connectivity index (χ0) is 58.5. The minimum Gasteiger partial charge on any atom is -0.489 e. The number of hydrogen-bond donors (Lipinski definition) is 5. The van der Waals surface area contributed by atoms with Crippen LogP contribution in [0.3, 0.4) is 0 Å². The zero-order valence-corrected chi connectivity index (χ0v) is 46.8. The van der Waals surface area contributed by atoms with E-state index in [1.54, 1.807) is 24.5 Å². The van der Waals surface area contributed by atoms with E-state index in [1.165, 1.54) is 11.1 Å². The SMILES string of the molecule is CNc1nc(-c2cnc3ccccc3c2)nc2c1CCN(C(=O)c1ccc(COc3ccc(C#CCN4CCN(C(=O)CCCN(N)/C=C(\N)COCCOCCNc5cccc6c5C(=O)N(C5CCC(=O)NC5=O)C6=O)CC4)cc3)cc1)C2. The minimum atomic E-state index is -1.04. The number of nitrogens with one attached hydrogen (secondary N) is 3. The summed E-state index contributed by atoms with van der Waals surface area (Å²) >= 11 is 0. The van der Waals surface area contributed by atoms with Crippen molar-refractivity contribution in [1.82, 2.24) is 44.9 Å². The molecule has 4 aromatic carbocycles. The first-order valence-electron chi connectivity index (χ1n) is 28.1. The maximum absolute atomic E-state index is 13.7. The van der Waals surface area contributed by atoms with Crippen LogP contribution in [0.15, 0.2) is 115 Å². The topological polar surface area (TPSA) is 273 Å². The summed E-state index contributed by atoms with van der Waals surface area (Å²) < 4.78 is 17.4. The van der Waals surface area contributed by atoms with E-state index >= 15 is 0 Å². The average Bonchev–Trinajstić information content (AvgIpc) is 3.12. The molecule has 0 bridgehead atoms. The molecule has 2 fully saturated rings. The van der Waals surface area contributed by atoms with Crippen molar-refractivity contribution in [1.29, 1.82) is 0 Å². The number of pyridine rings is 1. The quantitative estimate of drug-likeness (QED) is 0.0208. The Morgan fingerprint density at radius 1 is 0.869 bits per heavy atom. The number of fused-ring (bicyclic) bond motifs is 3. The van der Waals surface area contributed by atoms with E-state index < -0.39 is 29.7 Å². The third kappa shape index (κ3) is 14.1. The molecule has 0 saturated carbocycles. The number of aromatic nitrogens is 3. The molecule has 2 saturated heterocycles. The number of hydrazine groups is 1. The Morgan fingerprint density at radius 3 is 2.46 bits per heavy atom. The van der Waals surface area contributed by atoms with Gasteiger partial charge in [0.15, 0.2) is 5.82 Å². The lowest BCUT2D eigenvalue weighted by atomic mass is 10.0. The van der Waals surface area contributed by atoms with Gasteiger partial charge in [0.05, 0.1) is 67.6 Å². The Hall–Kier alpha value is -9.27. The predicted octanol–water partition coefficient (Wildman–Crippen LogP) is 4.31. The molecular formula is C62H67N13O9. The maximum atomic E-state index is 13.7. The smallest absolute Gasteiger partial charge is 0.264 e. The molecule has 0 spiro atoms. The van der Waals surface area contributed by atoms with E-state index in [0.717, 1.165) is 62.7 Å². The fraction of sp³-hybridized carbons (Fsp3) is 0.339. The Bertz CT molecular complexity index is 3520. The van der Waals surface area contributed by atoms with Gasteiger partial charge in [0.1, 0.15) is 24.2 Å². The summed E-state index contributed by atoms with van der Waals surface area (Å²) in [7, 11) is 1.85. The number of ether oxygens (including phenoxy) is 3. The molecule has 6 heterocycles. The summed E-state index contributed by atoms with van der Waals surface area (Å²) in [6, 6.07) is 29.0. The Balaban J connectivity index is 0.569. The highest BCUT2D eigenvalue weighted by Gasteiger charge is 2.45. The number of carbonyl (C=O) groups is 6. The highest BCUT2D eigenvalue weighted by atomic mass is 16.5. The second-order valence-electron chi connectivity index (χ2n) is 20.7. The van der Waals surface area contributed by atoms with Crippen molar-refractivity contribution in [2.24, 2.45) is 11.6 Å². The van der Waals surface area contributed by atoms with Gasteiger partial charge in [-0.05, 0) is 85.5 Å². The van der Waals surface area contributed by atoms with Gasteiger partial charge in [-0.25, -0.2) is 15.8 Å². The average molecular weight is 1140 g/mol. The van der Waals surface area contributed by atoms with Gasteiger partial charge in [0, 0.05) is 111 Å². The lowest BCUT2D eigenvalue weighted by Gasteiger charge is -2.33. The summed E-state index contributed by atoms with van der Waals surface area (Å²) in [5.41, 5.74) is 13.3. The zero-order valence-electron chi connectivity index (χ0n) is 46.8. The molecule has 10 rings (SSSR count). The van der Waals surface area contributed by atoms with Crippen molar-refractivity contribution in [2.45, 2.75) is 51.3 Å². The fourth-order valence-corrected chi connectivity index (χ4v) is 10.5. The van der Waals surface area contributed by atoms with Crippen LogP contribution in [0, 0.1) is 11.8 Å². The van der Waals surface area contributed by atoms with Gasteiger partial charge < -0.3 is 45.4 Å². The predicted molar refractivity (Wildman–Crippen MR) is 314 cm³/mol. The molecule has 84 heavy (non-hydrogen) atoms. The largest absolute Gasteiger partial charge is 0.489 e. The number of amides is 6. The van der Waals surface area contributed by atoms with E-state index in [9.17, 15) is 28.8 Å². The number of piperazine rings is 1. The summed E-state index contributed by atoms with van der Waals surface area (Å²) in [5.74, 6) is 12.5. The molecule has 4 aliphatic rings. The molecule has 0 radical (unpaired) electrons. The van der Waals surface area contributed by atoms with Gasteiger partial charge in [-0.2, -0.15) is 0 Å². The van der Waals surface area contributed by atoms with Crippen LogP contribution in [0.4, 0.5) is 11.5 Å². The number of imide groups is 2. The maximum Gasteiger partial charge on any atom is 0.264 e. The van der Waals surface area contributed by atoms with Crippen molar-refractivity contribution >= 4 is 57.9 Å². The van der Waals surface area contributed by atoms with Crippen molar-refractivity contribution in [3.63, 3.8) is 0 Å². The van der Waals surface area contributed by atoms with E-state index in [1.807, 2.05) is 95.7 Å². The summed E-state index contributed by atoms with van der Waals surface area (Å²) in [6.07, 6.45) is 5.06. The number of carbonyl (C=O) groups excluding carboxylic acids is 6. The van der Waals surface area contributed by atoms with Crippen molar-refractivity contribution in [3.05, 3.63) is 154 Å². The Kier molecular flexibility index (Phi) is 18.8. The molecule has 2 aromatic heterocycles. The molecular weight excluding hydrogens is 1070 g/mol. The van der Waals surface area contributed by atoms with Crippen LogP contribution in [0.1, 0.15) is 79.1 Å². The molecule has 1 atom stereocenters. The van der Waals surface area contributed by atoms with Crippen molar-refractivity contribution in [3.8, 4) is 29.0 Å². The van der Waals surface area contributed by atoms with Crippen LogP contribution in [-0.2, 0) is 43.4 Å². The van der Waals surface area contributed by atoms with Crippen LogP contribution < -0.4 is 32.3 Å². The number of nitrogens with two attached hydrogens (primary N) is 2. The number of anilines is 2. The lowest BCUT2D eigenvalue weighted by molar-refractivity contribution is -0.136.